The molecule has 2 N–H and O–H groups in total. The third-order valence-electron chi connectivity index (χ3n) is 3.11. The Bertz CT molecular complexity index is 316. The van der Waals surface area contributed by atoms with Crippen molar-refractivity contribution < 1.29 is 14.7 Å². The molecule has 0 aliphatic heterocycles. The van der Waals surface area contributed by atoms with Gasteiger partial charge in [-0.05, 0) is 25.8 Å². The number of nitrogens with one attached hydrogen (secondary N) is 1. The molecule has 1 aliphatic carbocycles. The van der Waals surface area contributed by atoms with E-state index in [9.17, 15) is 9.59 Å². The number of nitrogens with zero attached hydrogens (tertiary/aromatic N) is 2. The molecule has 0 heterocycles. The molecule has 1 saturated carbocycles. The fourth-order valence-electron chi connectivity index (χ4n) is 1.97. The van der Waals surface area contributed by atoms with Crippen LogP contribution in [0, 0.1) is 5.92 Å². The smallest absolute Gasteiger partial charge is 0.323 e. The zero-order valence-corrected chi connectivity index (χ0v) is 12.1. The molecule has 1 fully saturated rings. The van der Waals surface area contributed by atoms with Gasteiger partial charge in [-0.3, -0.25) is 4.79 Å². The van der Waals surface area contributed by atoms with Crippen molar-refractivity contribution in [3.05, 3.63) is 0 Å². The number of hydrogen-bond donors (Lipinski definition) is 2. The van der Waals surface area contributed by atoms with Crippen LogP contribution >= 0.6 is 0 Å². The summed E-state index contributed by atoms with van der Waals surface area (Å²) in [5.41, 5.74) is 0. The van der Waals surface area contributed by atoms with Gasteiger partial charge in [0.25, 0.3) is 0 Å². The number of rotatable bonds is 8. The second-order valence-corrected chi connectivity index (χ2v) is 5.61. The number of carbonyl (C=O) groups is 2. The van der Waals surface area contributed by atoms with E-state index in [-0.39, 0.29) is 18.5 Å². The van der Waals surface area contributed by atoms with Gasteiger partial charge in [-0.25, -0.2) is 4.79 Å². The van der Waals surface area contributed by atoms with Gasteiger partial charge in [0.05, 0.1) is 0 Å². The van der Waals surface area contributed by atoms with Crippen LogP contribution in [0.2, 0.25) is 0 Å². The minimum Gasteiger partial charge on any atom is -0.480 e. The number of carboxylic acid groups (broad SMARTS) is 1. The zero-order chi connectivity index (χ0) is 14.4. The lowest BCUT2D eigenvalue weighted by Gasteiger charge is -2.24. The van der Waals surface area contributed by atoms with Gasteiger partial charge in [-0.1, -0.05) is 13.8 Å². The van der Waals surface area contributed by atoms with E-state index in [4.69, 9.17) is 5.11 Å². The summed E-state index contributed by atoms with van der Waals surface area (Å²) in [7, 11) is 2.05. The molecular formula is C13H25N3O3. The Balaban J connectivity index is 2.30. The minimum atomic E-state index is -0.981. The maximum Gasteiger partial charge on any atom is 0.323 e. The summed E-state index contributed by atoms with van der Waals surface area (Å²) in [6.07, 6.45) is 2.48. The van der Waals surface area contributed by atoms with E-state index in [2.05, 4.69) is 10.2 Å². The quantitative estimate of drug-likeness (QED) is 0.686. The number of urea groups is 1. The lowest BCUT2D eigenvalue weighted by Crippen LogP contribution is -2.46. The van der Waals surface area contributed by atoms with Crippen molar-refractivity contribution >= 4 is 12.0 Å². The van der Waals surface area contributed by atoms with Crippen molar-refractivity contribution in [2.45, 2.75) is 32.7 Å². The van der Waals surface area contributed by atoms with Crippen LogP contribution in [0.25, 0.3) is 0 Å². The maximum absolute atomic E-state index is 11.9. The normalized spacial score (nSPS) is 14.8. The molecule has 0 aromatic heterocycles. The number of aliphatic carboxylic acids is 1. The van der Waals surface area contributed by atoms with Crippen molar-refractivity contribution in [2.75, 3.05) is 33.2 Å². The van der Waals surface area contributed by atoms with Crippen molar-refractivity contribution in [3.63, 3.8) is 0 Å². The summed E-state index contributed by atoms with van der Waals surface area (Å²) in [5.74, 6) is -0.731. The summed E-state index contributed by atoms with van der Waals surface area (Å²) < 4.78 is 0. The third-order valence-corrected chi connectivity index (χ3v) is 3.11. The summed E-state index contributed by atoms with van der Waals surface area (Å²) in [6.45, 7) is 5.49. The monoisotopic (exact) mass is 271 g/mol. The highest BCUT2D eigenvalue weighted by Crippen LogP contribution is 2.24. The van der Waals surface area contributed by atoms with Gasteiger partial charge in [0.1, 0.15) is 6.54 Å². The van der Waals surface area contributed by atoms with Crippen LogP contribution in [0.1, 0.15) is 26.7 Å². The van der Waals surface area contributed by atoms with Gasteiger partial charge in [-0.15, -0.1) is 0 Å². The Kier molecular flexibility index (Phi) is 6.08. The molecule has 19 heavy (non-hydrogen) atoms. The van der Waals surface area contributed by atoms with Gasteiger partial charge in [0.2, 0.25) is 0 Å². The van der Waals surface area contributed by atoms with E-state index in [1.54, 1.807) is 0 Å². The summed E-state index contributed by atoms with van der Waals surface area (Å²) in [5, 5.41) is 11.6. The number of hydrogen-bond acceptors (Lipinski definition) is 3. The lowest BCUT2D eigenvalue weighted by atomic mass is 10.2. The Morgan fingerprint density at radius 2 is 2.00 bits per heavy atom. The molecule has 0 atom stereocenters. The first kappa shape index (κ1) is 15.8. The van der Waals surface area contributed by atoms with Crippen LogP contribution < -0.4 is 5.32 Å². The molecule has 0 spiro atoms. The van der Waals surface area contributed by atoms with Gasteiger partial charge in [-0.2, -0.15) is 0 Å². The molecule has 1 rings (SSSR count). The maximum atomic E-state index is 11.9. The molecule has 0 aromatic rings. The number of carboxylic acids is 1. The lowest BCUT2D eigenvalue weighted by molar-refractivity contribution is -0.137. The second-order valence-electron chi connectivity index (χ2n) is 5.61. The standard InChI is InChI=1S/C13H25N3O3/c1-10(2)8-16(9-12(17)18)13(19)14-6-7-15(3)11-4-5-11/h10-11H,4-9H2,1-3H3,(H,14,19)(H,17,18). The first-order chi connectivity index (χ1) is 8.90. The van der Waals surface area contributed by atoms with E-state index >= 15 is 0 Å². The van der Waals surface area contributed by atoms with Crippen molar-refractivity contribution in [1.82, 2.24) is 15.1 Å². The fourth-order valence-corrected chi connectivity index (χ4v) is 1.97. The first-order valence-electron chi connectivity index (χ1n) is 6.85. The second kappa shape index (κ2) is 7.33. The van der Waals surface area contributed by atoms with Crippen LogP contribution in [0.3, 0.4) is 0 Å². The average molecular weight is 271 g/mol. The van der Waals surface area contributed by atoms with Gasteiger partial charge < -0.3 is 20.2 Å². The molecule has 6 heteroatoms. The molecule has 0 bridgehead atoms. The van der Waals surface area contributed by atoms with Crippen LogP contribution in [0.15, 0.2) is 0 Å². The fraction of sp³-hybridized carbons (Fsp3) is 0.846. The topological polar surface area (TPSA) is 72.9 Å². The molecule has 0 aromatic carbocycles. The van der Waals surface area contributed by atoms with Crippen molar-refractivity contribution in [1.29, 1.82) is 0 Å². The molecule has 2 amide bonds. The molecule has 6 nitrogen and oxygen atoms in total. The molecule has 1 aliphatic rings. The highest BCUT2D eigenvalue weighted by Gasteiger charge is 2.25. The van der Waals surface area contributed by atoms with E-state index in [1.165, 1.54) is 17.7 Å². The molecule has 0 radical (unpaired) electrons. The Morgan fingerprint density at radius 3 is 2.47 bits per heavy atom. The van der Waals surface area contributed by atoms with Crippen LogP contribution in [-0.4, -0.2) is 66.2 Å². The van der Waals surface area contributed by atoms with Crippen LogP contribution in [-0.2, 0) is 4.79 Å². The van der Waals surface area contributed by atoms with Crippen LogP contribution in [0.5, 0.6) is 0 Å². The summed E-state index contributed by atoms with van der Waals surface area (Å²) >= 11 is 0. The molecular weight excluding hydrogens is 246 g/mol. The summed E-state index contributed by atoms with van der Waals surface area (Å²) in [4.78, 5) is 26.2. The van der Waals surface area contributed by atoms with Gasteiger partial charge in [0.15, 0.2) is 0 Å². The first-order valence-corrected chi connectivity index (χ1v) is 6.85. The van der Waals surface area contributed by atoms with Crippen molar-refractivity contribution in [3.8, 4) is 0 Å². The highest BCUT2D eigenvalue weighted by molar-refractivity contribution is 5.80. The third kappa shape index (κ3) is 6.42. The number of likely N-dealkylation sites (N-methyl/N-ethyl adjacent to an activating group) is 1. The largest absolute Gasteiger partial charge is 0.480 e. The molecule has 0 saturated heterocycles. The van der Waals surface area contributed by atoms with E-state index in [0.717, 1.165) is 6.54 Å². The Morgan fingerprint density at radius 1 is 1.37 bits per heavy atom. The predicted molar refractivity (Wildman–Crippen MR) is 73.1 cm³/mol. The van der Waals surface area contributed by atoms with Gasteiger partial charge in [0, 0.05) is 25.7 Å². The Hall–Kier alpha value is -1.30. The van der Waals surface area contributed by atoms with Crippen molar-refractivity contribution in [2.24, 2.45) is 5.92 Å². The SMILES string of the molecule is CC(C)CN(CC(=O)O)C(=O)NCCN(C)C1CC1. The molecule has 0 unspecified atom stereocenters. The zero-order valence-electron chi connectivity index (χ0n) is 12.1. The van der Waals surface area contributed by atoms with Crippen LogP contribution in [0.4, 0.5) is 4.79 Å². The summed E-state index contributed by atoms with van der Waals surface area (Å²) in [6, 6.07) is 0.378. The minimum absolute atomic E-state index is 0.248. The highest BCUT2D eigenvalue weighted by atomic mass is 16.4. The predicted octanol–water partition coefficient (Wildman–Crippen LogP) is 0.833. The average Bonchev–Trinajstić information content (AvgIpc) is 3.10. The molecule has 110 valence electrons. The van der Waals surface area contributed by atoms with E-state index in [1.807, 2.05) is 20.9 Å². The van der Waals surface area contributed by atoms with Gasteiger partial charge >= 0.3 is 12.0 Å². The van der Waals surface area contributed by atoms with E-state index < -0.39 is 5.97 Å². The van der Waals surface area contributed by atoms with E-state index in [0.29, 0.717) is 19.1 Å². The number of amides is 2. The Labute approximate surface area is 114 Å². The number of carbonyl (C=O) groups excluding carboxylic acids is 1.